The van der Waals surface area contributed by atoms with Gasteiger partial charge in [-0.1, -0.05) is 42.0 Å². The molecule has 0 aliphatic carbocycles. The van der Waals surface area contributed by atoms with Crippen molar-refractivity contribution < 1.29 is 19.1 Å². The fourth-order valence-corrected chi connectivity index (χ4v) is 4.48. The maximum atomic E-state index is 12.6. The molecule has 1 amide bonds. The van der Waals surface area contributed by atoms with Crippen LogP contribution in [-0.2, 0) is 22.6 Å². The van der Waals surface area contributed by atoms with E-state index in [1.807, 2.05) is 35.9 Å². The Balaban J connectivity index is 1.36. The SMILES string of the molecule is COc1cccc(CNC(=O)COC(=O)c2cc3c(C)nn(Cc4ccc(C)cc4)c3s2)c1. The Morgan fingerprint density at radius 3 is 2.61 bits per heavy atom. The largest absolute Gasteiger partial charge is 0.497 e. The fourth-order valence-electron chi connectivity index (χ4n) is 3.42. The molecule has 0 bridgehead atoms. The number of hydrogen-bond donors (Lipinski definition) is 1. The summed E-state index contributed by atoms with van der Waals surface area (Å²) in [5.74, 6) is -0.169. The number of esters is 1. The number of carbonyl (C=O) groups is 2. The van der Waals surface area contributed by atoms with E-state index >= 15 is 0 Å². The summed E-state index contributed by atoms with van der Waals surface area (Å²) in [6.07, 6.45) is 0. The van der Waals surface area contributed by atoms with E-state index in [-0.39, 0.29) is 12.5 Å². The number of fused-ring (bicyclic) bond motifs is 1. The van der Waals surface area contributed by atoms with Crippen LogP contribution >= 0.6 is 11.3 Å². The van der Waals surface area contributed by atoms with Gasteiger partial charge >= 0.3 is 5.97 Å². The predicted molar refractivity (Wildman–Crippen MR) is 128 cm³/mol. The summed E-state index contributed by atoms with van der Waals surface area (Å²) in [5.41, 5.74) is 4.08. The minimum Gasteiger partial charge on any atom is -0.497 e. The Labute approximate surface area is 195 Å². The van der Waals surface area contributed by atoms with Gasteiger partial charge < -0.3 is 14.8 Å². The minimum absolute atomic E-state index is 0.324. The highest BCUT2D eigenvalue weighted by molar-refractivity contribution is 7.20. The summed E-state index contributed by atoms with van der Waals surface area (Å²) in [7, 11) is 1.59. The van der Waals surface area contributed by atoms with Gasteiger partial charge in [-0.3, -0.25) is 9.48 Å². The number of methoxy groups -OCH3 is 1. The van der Waals surface area contributed by atoms with Gasteiger partial charge in [0.25, 0.3) is 5.91 Å². The lowest BCUT2D eigenvalue weighted by atomic mass is 10.1. The molecule has 4 aromatic rings. The van der Waals surface area contributed by atoms with Gasteiger partial charge in [-0.05, 0) is 43.2 Å². The smallest absolute Gasteiger partial charge is 0.348 e. The average molecular weight is 464 g/mol. The number of benzene rings is 2. The normalized spacial score (nSPS) is 10.9. The van der Waals surface area contributed by atoms with E-state index < -0.39 is 5.97 Å². The monoisotopic (exact) mass is 463 g/mol. The van der Waals surface area contributed by atoms with Crippen LogP contribution in [0.1, 0.15) is 32.1 Å². The molecule has 0 fully saturated rings. The maximum Gasteiger partial charge on any atom is 0.348 e. The molecule has 0 unspecified atom stereocenters. The van der Waals surface area contributed by atoms with Crippen molar-refractivity contribution in [1.82, 2.24) is 15.1 Å². The van der Waals surface area contributed by atoms with Gasteiger partial charge in [0.2, 0.25) is 0 Å². The second-order valence-corrected chi connectivity index (χ2v) is 8.79. The molecule has 33 heavy (non-hydrogen) atoms. The zero-order chi connectivity index (χ0) is 23.4. The van der Waals surface area contributed by atoms with Crippen molar-refractivity contribution in [3.05, 3.63) is 81.9 Å². The van der Waals surface area contributed by atoms with E-state index in [2.05, 4.69) is 41.6 Å². The summed E-state index contributed by atoms with van der Waals surface area (Å²) in [6.45, 7) is 4.57. The summed E-state index contributed by atoms with van der Waals surface area (Å²) in [6, 6.07) is 17.5. The number of aromatic nitrogens is 2. The second kappa shape index (κ2) is 9.87. The molecule has 0 spiro atoms. The summed E-state index contributed by atoms with van der Waals surface area (Å²) in [4.78, 5) is 26.0. The van der Waals surface area contributed by atoms with Crippen LogP contribution in [0.25, 0.3) is 10.2 Å². The molecule has 0 aliphatic heterocycles. The first kappa shape index (κ1) is 22.5. The molecular weight excluding hydrogens is 438 g/mol. The number of rotatable bonds is 8. The van der Waals surface area contributed by atoms with Crippen molar-refractivity contribution in [1.29, 1.82) is 0 Å². The zero-order valence-corrected chi connectivity index (χ0v) is 19.6. The first-order valence-electron chi connectivity index (χ1n) is 10.5. The number of ether oxygens (including phenoxy) is 2. The van der Waals surface area contributed by atoms with E-state index in [9.17, 15) is 9.59 Å². The van der Waals surface area contributed by atoms with Gasteiger partial charge in [0.1, 0.15) is 15.5 Å². The average Bonchev–Trinajstić information content (AvgIpc) is 3.39. The van der Waals surface area contributed by atoms with E-state index in [0.717, 1.165) is 27.0 Å². The van der Waals surface area contributed by atoms with Gasteiger partial charge in [-0.25, -0.2) is 4.79 Å². The Bertz CT molecular complexity index is 1290. The molecule has 4 rings (SSSR count). The zero-order valence-electron chi connectivity index (χ0n) is 18.8. The third-order valence-corrected chi connectivity index (χ3v) is 6.35. The highest BCUT2D eigenvalue weighted by Crippen LogP contribution is 2.29. The molecule has 170 valence electrons. The van der Waals surface area contributed by atoms with Crippen LogP contribution in [0.4, 0.5) is 0 Å². The fraction of sp³-hybridized carbons (Fsp3) is 0.240. The molecule has 1 N–H and O–H groups in total. The molecule has 0 saturated carbocycles. The number of nitrogens with zero attached hydrogens (tertiary/aromatic N) is 2. The van der Waals surface area contributed by atoms with Crippen LogP contribution in [0.2, 0.25) is 0 Å². The van der Waals surface area contributed by atoms with Gasteiger partial charge in [-0.2, -0.15) is 5.10 Å². The summed E-state index contributed by atoms with van der Waals surface area (Å²) < 4.78 is 12.3. The molecule has 0 saturated heterocycles. The van der Waals surface area contributed by atoms with Crippen LogP contribution in [0, 0.1) is 13.8 Å². The molecule has 7 nitrogen and oxygen atoms in total. The van der Waals surface area contributed by atoms with Crippen molar-refractivity contribution in [3.8, 4) is 5.75 Å². The summed E-state index contributed by atoms with van der Waals surface area (Å²) >= 11 is 1.32. The first-order valence-corrected chi connectivity index (χ1v) is 11.3. The quantitative estimate of drug-likeness (QED) is 0.395. The number of carbonyl (C=O) groups excluding carboxylic acids is 2. The topological polar surface area (TPSA) is 82.4 Å². The third kappa shape index (κ3) is 5.40. The lowest BCUT2D eigenvalue weighted by Gasteiger charge is -2.07. The molecule has 2 aromatic carbocycles. The molecule has 0 atom stereocenters. The number of aryl methyl sites for hydroxylation is 2. The molecule has 2 aromatic heterocycles. The van der Waals surface area contributed by atoms with Crippen LogP contribution in [0.3, 0.4) is 0 Å². The first-order chi connectivity index (χ1) is 15.9. The lowest BCUT2D eigenvalue weighted by Crippen LogP contribution is -2.28. The van der Waals surface area contributed by atoms with Gasteiger partial charge in [0, 0.05) is 11.9 Å². The van der Waals surface area contributed by atoms with Crippen LogP contribution in [0.15, 0.2) is 54.6 Å². The number of thiophene rings is 1. The van der Waals surface area contributed by atoms with Crippen LogP contribution in [0.5, 0.6) is 5.75 Å². The van der Waals surface area contributed by atoms with E-state index in [0.29, 0.717) is 23.7 Å². The van der Waals surface area contributed by atoms with Crippen molar-refractivity contribution in [2.45, 2.75) is 26.9 Å². The van der Waals surface area contributed by atoms with Gasteiger partial charge in [0.05, 0.1) is 19.3 Å². The lowest BCUT2D eigenvalue weighted by molar-refractivity contribution is -0.124. The standard InChI is InChI=1S/C25H25N3O4S/c1-16-7-9-18(10-8-16)14-28-24-21(17(2)27-28)12-22(33-24)25(30)32-15-23(29)26-13-19-5-4-6-20(11-19)31-3/h4-12H,13-15H2,1-3H3,(H,26,29). The Kier molecular flexibility index (Phi) is 6.74. The Morgan fingerprint density at radius 2 is 1.85 bits per heavy atom. The number of hydrogen-bond acceptors (Lipinski definition) is 6. The number of nitrogens with one attached hydrogen (secondary N) is 1. The van der Waals surface area contributed by atoms with E-state index in [1.165, 1.54) is 16.9 Å². The molecule has 0 aliphatic rings. The second-order valence-electron chi connectivity index (χ2n) is 7.76. The van der Waals surface area contributed by atoms with Crippen molar-refractivity contribution in [2.24, 2.45) is 0 Å². The van der Waals surface area contributed by atoms with Gasteiger partial charge in [-0.15, -0.1) is 11.3 Å². The highest BCUT2D eigenvalue weighted by atomic mass is 32.1. The molecule has 2 heterocycles. The highest BCUT2D eigenvalue weighted by Gasteiger charge is 2.18. The van der Waals surface area contributed by atoms with E-state index in [4.69, 9.17) is 9.47 Å². The maximum absolute atomic E-state index is 12.6. The Hall–Kier alpha value is -3.65. The Morgan fingerprint density at radius 1 is 1.06 bits per heavy atom. The molecule has 0 radical (unpaired) electrons. The third-order valence-electron chi connectivity index (χ3n) is 5.22. The minimum atomic E-state index is -0.519. The summed E-state index contributed by atoms with van der Waals surface area (Å²) in [5, 5.41) is 8.27. The van der Waals surface area contributed by atoms with Crippen LogP contribution < -0.4 is 10.1 Å². The van der Waals surface area contributed by atoms with Crippen molar-refractivity contribution >= 4 is 33.4 Å². The van der Waals surface area contributed by atoms with Crippen LogP contribution in [-0.4, -0.2) is 35.4 Å². The van der Waals surface area contributed by atoms with Gasteiger partial charge in [0.15, 0.2) is 6.61 Å². The number of amides is 1. The predicted octanol–water partition coefficient (Wildman–Crippen LogP) is 4.24. The van der Waals surface area contributed by atoms with E-state index in [1.54, 1.807) is 13.2 Å². The van der Waals surface area contributed by atoms with Crippen molar-refractivity contribution in [2.75, 3.05) is 13.7 Å². The molecule has 8 heteroatoms. The molecular formula is C25H25N3O4S. The van der Waals surface area contributed by atoms with Crippen molar-refractivity contribution in [3.63, 3.8) is 0 Å².